The zero-order chi connectivity index (χ0) is 14.8. The van der Waals surface area contributed by atoms with Crippen LogP contribution in [0.5, 0.6) is 0 Å². The third-order valence-electron chi connectivity index (χ3n) is 3.86. The van der Waals surface area contributed by atoms with Crippen LogP contribution < -0.4 is 0 Å². The second-order valence-corrected chi connectivity index (χ2v) is 5.24. The molecule has 108 valence electrons. The van der Waals surface area contributed by atoms with E-state index in [1.807, 2.05) is 12.1 Å². The van der Waals surface area contributed by atoms with Crippen molar-refractivity contribution in [2.24, 2.45) is 0 Å². The summed E-state index contributed by atoms with van der Waals surface area (Å²) in [7, 11) is 0. The topological polar surface area (TPSA) is 46.4 Å². The molecule has 0 aromatic heterocycles. The zero-order valence-corrected chi connectivity index (χ0v) is 11.5. The highest BCUT2D eigenvalue weighted by atomic mass is 19.1. The van der Waals surface area contributed by atoms with E-state index in [0.717, 1.165) is 19.5 Å². The van der Waals surface area contributed by atoms with Gasteiger partial charge in [0, 0.05) is 31.3 Å². The van der Waals surface area contributed by atoms with E-state index in [4.69, 9.17) is 0 Å². The maximum Gasteiger partial charge on any atom is 0.305 e. The van der Waals surface area contributed by atoms with Gasteiger partial charge in [0.25, 0.3) is 0 Å². The summed E-state index contributed by atoms with van der Waals surface area (Å²) in [5.41, 5.74) is 2.50. The van der Waals surface area contributed by atoms with Crippen molar-refractivity contribution in [1.29, 1.82) is 0 Å². The molecule has 1 aliphatic rings. The average molecular weight is 286 g/mol. The molecule has 3 rings (SSSR count). The Morgan fingerprint density at radius 3 is 2.67 bits per heavy atom. The lowest BCUT2D eigenvalue weighted by atomic mass is 9.99. The van der Waals surface area contributed by atoms with E-state index < -0.39 is 16.4 Å². The Morgan fingerprint density at radius 2 is 1.90 bits per heavy atom. The lowest BCUT2D eigenvalue weighted by molar-refractivity contribution is -0.387. The van der Waals surface area contributed by atoms with Gasteiger partial charge in [-0.05, 0) is 17.5 Å². The maximum atomic E-state index is 14.1. The van der Waals surface area contributed by atoms with Crippen molar-refractivity contribution < 1.29 is 9.31 Å². The molecule has 2 aromatic rings. The Balaban J connectivity index is 1.80. The van der Waals surface area contributed by atoms with Gasteiger partial charge in [-0.1, -0.05) is 36.4 Å². The highest BCUT2D eigenvalue weighted by Crippen LogP contribution is 2.24. The number of nitrogens with zero attached hydrogens (tertiary/aromatic N) is 2. The molecule has 0 amide bonds. The minimum Gasteiger partial charge on any atom is -0.294 e. The van der Waals surface area contributed by atoms with Crippen LogP contribution in [0.15, 0.2) is 42.5 Å². The summed E-state index contributed by atoms with van der Waals surface area (Å²) < 4.78 is 14.1. The molecule has 0 radical (unpaired) electrons. The fraction of sp³-hybridized carbons (Fsp3) is 0.250. The second-order valence-electron chi connectivity index (χ2n) is 5.24. The van der Waals surface area contributed by atoms with Crippen LogP contribution in [0, 0.1) is 15.9 Å². The number of nitro benzene ring substituents is 1. The van der Waals surface area contributed by atoms with E-state index in [1.54, 1.807) is 6.07 Å². The molecule has 0 fully saturated rings. The third kappa shape index (κ3) is 2.78. The number of halogens is 1. The van der Waals surface area contributed by atoms with Crippen LogP contribution >= 0.6 is 0 Å². The summed E-state index contributed by atoms with van der Waals surface area (Å²) >= 11 is 0. The summed E-state index contributed by atoms with van der Waals surface area (Å²) in [4.78, 5) is 12.2. The Morgan fingerprint density at radius 1 is 1.14 bits per heavy atom. The van der Waals surface area contributed by atoms with E-state index in [1.165, 1.54) is 23.3 Å². The largest absolute Gasteiger partial charge is 0.305 e. The van der Waals surface area contributed by atoms with Crippen molar-refractivity contribution in [3.05, 3.63) is 75.1 Å². The molecule has 1 heterocycles. The predicted octanol–water partition coefficient (Wildman–Crippen LogP) is 3.29. The number of nitro groups is 1. The molecule has 0 bridgehead atoms. The summed E-state index contributed by atoms with van der Waals surface area (Å²) in [5.74, 6) is -0.721. The molecule has 0 spiro atoms. The van der Waals surface area contributed by atoms with Crippen LogP contribution in [-0.2, 0) is 19.5 Å². The summed E-state index contributed by atoms with van der Waals surface area (Å²) in [6.07, 6.45) is 0.923. The molecule has 1 aliphatic heterocycles. The Kier molecular flexibility index (Phi) is 3.66. The number of hydrogen-bond donors (Lipinski definition) is 0. The Labute approximate surface area is 122 Å². The highest BCUT2D eigenvalue weighted by Gasteiger charge is 2.21. The first-order valence-electron chi connectivity index (χ1n) is 6.86. The first-order valence-corrected chi connectivity index (χ1v) is 6.86. The van der Waals surface area contributed by atoms with Gasteiger partial charge in [-0.2, -0.15) is 4.39 Å². The first kappa shape index (κ1) is 13.7. The molecule has 0 saturated heterocycles. The molecule has 4 nitrogen and oxygen atoms in total. The summed E-state index contributed by atoms with van der Waals surface area (Å²) in [6.45, 7) is 1.97. The standard InChI is InChI=1S/C16H15FN2O2/c17-16-14(6-3-7-15(16)19(20)21)11-18-9-8-12-4-1-2-5-13(12)10-18/h1-7H,8-11H2. The van der Waals surface area contributed by atoms with E-state index >= 15 is 0 Å². The lowest BCUT2D eigenvalue weighted by Crippen LogP contribution is -2.30. The Hall–Kier alpha value is -2.27. The van der Waals surface area contributed by atoms with Gasteiger partial charge in [-0.15, -0.1) is 0 Å². The minimum atomic E-state index is -0.721. The predicted molar refractivity (Wildman–Crippen MR) is 77.3 cm³/mol. The zero-order valence-electron chi connectivity index (χ0n) is 11.5. The highest BCUT2D eigenvalue weighted by molar-refractivity contribution is 5.37. The van der Waals surface area contributed by atoms with Gasteiger partial charge in [-0.25, -0.2) is 0 Å². The van der Waals surface area contributed by atoms with Crippen molar-refractivity contribution in [3.8, 4) is 0 Å². The van der Waals surface area contributed by atoms with Crippen molar-refractivity contribution in [2.45, 2.75) is 19.5 Å². The molecule has 2 aromatic carbocycles. The second kappa shape index (κ2) is 5.61. The molecule has 0 saturated carbocycles. The van der Waals surface area contributed by atoms with Crippen LogP contribution in [0.4, 0.5) is 10.1 Å². The lowest BCUT2D eigenvalue weighted by Gasteiger charge is -2.28. The van der Waals surface area contributed by atoms with Crippen LogP contribution in [0.25, 0.3) is 0 Å². The fourth-order valence-electron chi connectivity index (χ4n) is 2.76. The van der Waals surface area contributed by atoms with Gasteiger partial charge < -0.3 is 0 Å². The van der Waals surface area contributed by atoms with Crippen molar-refractivity contribution in [3.63, 3.8) is 0 Å². The SMILES string of the molecule is O=[N+]([O-])c1cccc(CN2CCc3ccccc3C2)c1F. The minimum absolute atomic E-state index is 0.378. The molecule has 0 aliphatic carbocycles. The van der Waals surface area contributed by atoms with E-state index in [9.17, 15) is 14.5 Å². The van der Waals surface area contributed by atoms with Crippen LogP contribution in [0.2, 0.25) is 0 Å². The molecule has 0 N–H and O–H groups in total. The average Bonchev–Trinajstić information content (AvgIpc) is 2.49. The van der Waals surface area contributed by atoms with Crippen molar-refractivity contribution in [1.82, 2.24) is 4.90 Å². The van der Waals surface area contributed by atoms with Gasteiger partial charge in [-0.3, -0.25) is 15.0 Å². The van der Waals surface area contributed by atoms with Gasteiger partial charge in [0.05, 0.1) is 4.92 Å². The van der Waals surface area contributed by atoms with Crippen LogP contribution in [-0.4, -0.2) is 16.4 Å². The Bertz CT molecular complexity index is 688. The van der Waals surface area contributed by atoms with Gasteiger partial charge in [0.15, 0.2) is 0 Å². The maximum absolute atomic E-state index is 14.1. The monoisotopic (exact) mass is 286 g/mol. The van der Waals surface area contributed by atoms with Gasteiger partial charge in [0.1, 0.15) is 0 Å². The van der Waals surface area contributed by atoms with Crippen LogP contribution in [0.3, 0.4) is 0 Å². The first-order chi connectivity index (χ1) is 10.1. The summed E-state index contributed by atoms with van der Waals surface area (Å²) in [6, 6.07) is 12.6. The number of benzene rings is 2. The molecule has 21 heavy (non-hydrogen) atoms. The number of hydrogen-bond acceptors (Lipinski definition) is 3. The third-order valence-corrected chi connectivity index (χ3v) is 3.86. The molecule has 0 unspecified atom stereocenters. The van der Waals surface area contributed by atoms with E-state index in [0.29, 0.717) is 12.1 Å². The molecular formula is C16H15FN2O2. The van der Waals surface area contributed by atoms with E-state index in [2.05, 4.69) is 17.0 Å². The van der Waals surface area contributed by atoms with Crippen LogP contribution in [0.1, 0.15) is 16.7 Å². The van der Waals surface area contributed by atoms with Crippen molar-refractivity contribution in [2.75, 3.05) is 6.54 Å². The molecule has 0 atom stereocenters. The molecular weight excluding hydrogens is 271 g/mol. The molecule has 5 heteroatoms. The smallest absolute Gasteiger partial charge is 0.294 e. The van der Waals surface area contributed by atoms with E-state index in [-0.39, 0.29) is 0 Å². The number of fused-ring (bicyclic) bond motifs is 1. The van der Waals surface area contributed by atoms with Gasteiger partial charge in [0.2, 0.25) is 5.82 Å². The summed E-state index contributed by atoms with van der Waals surface area (Å²) in [5, 5.41) is 10.8. The normalized spacial score (nSPS) is 14.7. The quantitative estimate of drug-likeness (QED) is 0.642. The van der Waals surface area contributed by atoms with Crippen molar-refractivity contribution >= 4 is 5.69 Å². The number of rotatable bonds is 3. The van der Waals surface area contributed by atoms with Gasteiger partial charge >= 0.3 is 5.69 Å². The fourth-order valence-corrected chi connectivity index (χ4v) is 2.76.